The number of benzene rings is 1. The Morgan fingerprint density at radius 1 is 1.24 bits per heavy atom. The molecular formula is C15H22O6. The maximum absolute atomic E-state index is 9.93. The summed E-state index contributed by atoms with van der Waals surface area (Å²) >= 11 is 0. The monoisotopic (exact) mass is 298 g/mol. The fourth-order valence-corrected chi connectivity index (χ4v) is 2.27. The first-order valence-corrected chi connectivity index (χ1v) is 6.93. The van der Waals surface area contributed by atoms with Gasteiger partial charge in [-0.2, -0.15) is 0 Å². The van der Waals surface area contributed by atoms with E-state index in [-0.39, 0.29) is 6.61 Å². The van der Waals surface area contributed by atoms with E-state index in [9.17, 15) is 15.3 Å². The lowest BCUT2D eigenvalue weighted by molar-refractivity contribution is -0.284. The summed E-state index contributed by atoms with van der Waals surface area (Å²) in [5, 5.41) is 38.2. The Bertz CT molecular complexity index is 477. The molecule has 4 N–H and O–H groups in total. The van der Waals surface area contributed by atoms with Gasteiger partial charge in [-0.3, -0.25) is 0 Å². The molecule has 1 aromatic rings. The van der Waals surface area contributed by atoms with E-state index in [1.54, 1.807) is 0 Å². The topological polar surface area (TPSA) is 99.4 Å². The van der Waals surface area contributed by atoms with Gasteiger partial charge in [0.15, 0.2) is 6.29 Å². The fourth-order valence-electron chi connectivity index (χ4n) is 2.27. The van der Waals surface area contributed by atoms with Crippen molar-refractivity contribution in [3.8, 4) is 0 Å². The third kappa shape index (κ3) is 3.60. The highest BCUT2D eigenvalue weighted by atomic mass is 16.7. The molecule has 0 bridgehead atoms. The van der Waals surface area contributed by atoms with E-state index < -0.39 is 37.3 Å². The smallest absolute Gasteiger partial charge is 0.184 e. The molecule has 118 valence electrons. The first-order valence-electron chi connectivity index (χ1n) is 6.93. The molecule has 0 saturated carbocycles. The average Bonchev–Trinajstić information content (AvgIpc) is 2.49. The Kier molecular flexibility index (Phi) is 5.32. The minimum Gasteiger partial charge on any atom is -0.394 e. The van der Waals surface area contributed by atoms with Crippen LogP contribution in [0.2, 0.25) is 0 Å². The second kappa shape index (κ2) is 6.83. The van der Waals surface area contributed by atoms with Gasteiger partial charge >= 0.3 is 0 Å². The van der Waals surface area contributed by atoms with E-state index >= 15 is 0 Å². The summed E-state index contributed by atoms with van der Waals surface area (Å²) in [5.74, 6) is 0. The van der Waals surface area contributed by atoms with Gasteiger partial charge in [0.2, 0.25) is 0 Å². The molecule has 2 rings (SSSR count). The van der Waals surface area contributed by atoms with E-state index in [4.69, 9.17) is 14.6 Å². The maximum atomic E-state index is 9.93. The van der Waals surface area contributed by atoms with Crippen LogP contribution in [-0.4, -0.2) is 58.1 Å². The van der Waals surface area contributed by atoms with Crippen molar-refractivity contribution >= 4 is 0 Å². The fraction of sp³-hybridized carbons (Fsp3) is 0.600. The van der Waals surface area contributed by atoms with Crippen LogP contribution < -0.4 is 0 Å². The van der Waals surface area contributed by atoms with E-state index in [1.165, 1.54) is 0 Å². The number of aliphatic hydroxyl groups excluding tert-OH is 4. The predicted octanol–water partition coefficient (Wildman–Crippen LogP) is -0.208. The van der Waals surface area contributed by atoms with Crippen molar-refractivity contribution < 1.29 is 29.9 Å². The largest absolute Gasteiger partial charge is 0.394 e. The van der Waals surface area contributed by atoms with Crippen LogP contribution in [-0.2, 0) is 9.47 Å². The highest BCUT2D eigenvalue weighted by molar-refractivity contribution is 5.30. The Balaban J connectivity index is 2.14. The molecule has 1 aliphatic heterocycles. The van der Waals surface area contributed by atoms with Gasteiger partial charge in [0.05, 0.1) is 13.2 Å². The number of aryl methyl sites for hydroxylation is 2. The average molecular weight is 298 g/mol. The maximum Gasteiger partial charge on any atom is 0.184 e. The first kappa shape index (κ1) is 16.4. The lowest BCUT2D eigenvalue weighted by atomic mass is 10.0. The molecule has 1 heterocycles. The normalized spacial score (nSPS) is 29.1. The zero-order valence-electron chi connectivity index (χ0n) is 12.1. The van der Waals surface area contributed by atoms with Gasteiger partial charge in [-0.1, -0.05) is 18.2 Å². The number of hydrogen-bond acceptors (Lipinski definition) is 6. The van der Waals surface area contributed by atoms with Crippen molar-refractivity contribution in [2.45, 2.75) is 44.6 Å². The lowest BCUT2D eigenvalue weighted by Gasteiger charge is -2.37. The Morgan fingerprint density at radius 2 is 1.95 bits per heavy atom. The minimum absolute atomic E-state index is 0.0164. The van der Waals surface area contributed by atoms with Gasteiger partial charge in [-0.25, -0.2) is 0 Å². The van der Waals surface area contributed by atoms with Gasteiger partial charge in [-0.05, 0) is 25.0 Å². The number of hydrogen-bond donors (Lipinski definition) is 4. The van der Waals surface area contributed by atoms with Crippen molar-refractivity contribution in [2.75, 3.05) is 13.2 Å². The quantitative estimate of drug-likeness (QED) is 0.614. The van der Waals surface area contributed by atoms with Crippen LogP contribution in [0.1, 0.15) is 23.0 Å². The summed E-state index contributed by atoms with van der Waals surface area (Å²) in [6.45, 7) is 3.34. The van der Waals surface area contributed by atoms with Crippen molar-refractivity contribution in [3.63, 3.8) is 0 Å². The Morgan fingerprint density at radius 3 is 2.57 bits per heavy atom. The summed E-state index contributed by atoms with van der Waals surface area (Å²) in [6, 6.07) is 5.72. The molecular weight excluding hydrogens is 276 g/mol. The second-order valence-corrected chi connectivity index (χ2v) is 5.42. The molecule has 1 fully saturated rings. The van der Waals surface area contributed by atoms with Gasteiger partial charge < -0.3 is 29.9 Å². The first-order chi connectivity index (χ1) is 9.93. The second-order valence-electron chi connectivity index (χ2n) is 5.42. The van der Waals surface area contributed by atoms with Crippen LogP contribution in [0.4, 0.5) is 0 Å². The molecule has 0 spiro atoms. The highest BCUT2D eigenvalue weighted by Gasteiger charge is 2.39. The summed E-state index contributed by atoms with van der Waals surface area (Å²) < 4.78 is 11.0. The summed E-state index contributed by atoms with van der Waals surface area (Å²) in [4.78, 5) is 0. The van der Waals surface area contributed by atoms with Gasteiger partial charge in [0.1, 0.15) is 24.4 Å². The van der Waals surface area contributed by atoms with E-state index in [2.05, 4.69) is 0 Å². The molecule has 0 amide bonds. The molecule has 1 aromatic carbocycles. The zero-order chi connectivity index (χ0) is 15.6. The van der Waals surface area contributed by atoms with E-state index in [1.807, 2.05) is 32.0 Å². The van der Waals surface area contributed by atoms with Crippen LogP contribution in [0.3, 0.4) is 0 Å². The molecule has 6 heteroatoms. The van der Waals surface area contributed by atoms with Gasteiger partial charge in [-0.15, -0.1) is 0 Å². The zero-order valence-corrected chi connectivity index (χ0v) is 12.1. The van der Waals surface area contributed by atoms with Crippen LogP contribution in [0.25, 0.3) is 0 Å². The third-order valence-electron chi connectivity index (χ3n) is 3.80. The lowest BCUT2D eigenvalue weighted by Crippen LogP contribution is -2.52. The molecule has 0 aromatic heterocycles. The standard InChI is InChI=1S/C15H22O6/c1-8-3-4-10(5-9(8)2)15-20-7-12(18)14(21-15)13(19)11(17)6-16/h3-5,11-19H,6-7H2,1-2H3/t11-,12+,13-,14-,15?/m1/s1. The SMILES string of the molecule is Cc1ccc(C2OC[C@H](O)[C@H]([C@H](O)[C@H](O)CO)O2)cc1C. The molecule has 1 saturated heterocycles. The molecule has 6 nitrogen and oxygen atoms in total. The molecule has 1 unspecified atom stereocenters. The number of rotatable bonds is 4. The molecule has 21 heavy (non-hydrogen) atoms. The molecule has 5 atom stereocenters. The number of aliphatic hydroxyl groups is 4. The number of ether oxygens (including phenoxy) is 2. The van der Waals surface area contributed by atoms with Crippen LogP contribution in [0.5, 0.6) is 0 Å². The van der Waals surface area contributed by atoms with Crippen molar-refractivity contribution in [1.82, 2.24) is 0 Å². The van der Waals surface area contributed by atoms with E-state index in [0.29, 0.717) is 0 Å². The molecule has 0 radical (unpaired) electrons. The van der Waals surface area contributed by atoms with Crippen molar-refractivity contribution in [1.29, 1.82) is 0 Å². The predicted molar refractivity (Wildman–Crippen MR) is 74.6 cm³/mol. The highest BCUT2D eigenvalue weighted by Crippen LogP contribution is 2.29. The molecule has 1 aliphatic rings. The summed E-state index contributed by atoms with van der Waals surface area (Å²) in [6.07, 6.45) is -5.57. The third-order valence-corrected chi connectivity index (χ3v) is 3.80. The van der Waals surface area contributed by atoms with E-state index in [0.717, 1.165) is 16.7 Å². The van der Waals surface area contributed by atoms with Gasteiger partial charge in [0.25, 0.3) is 0 Å². The van der Waals surface area contributed by atoms with Crippen molar-refractivity contribution in [2.24, 2.45) is 0 Å². The Hall–Kier alpha value is -1.02. The Labute approximate surface area is 123 Å². The van der Waals surface area contributed by atoms with Crippen molar-refractivity contribution in [3.05, 3.63) is 34.9 Å². The summed E-state index contributed by atoms with van der Waals surface area (Å²) in [7, 11) is 0. The molecule has 0 aliphatic carbocycles. The van der Waals surface area contributed by atoms with Crippen LogP contribution in [0.15, 0.2) is 18.2 Å². The van der Waals surface area contributed by atoms with Gasteiger partial charge in [0, 0.05) is 5.56 Å². The summed E-state index contributed by atoms with van der Waals surface area (Å²) in [5.41, 5.74) is 3.00. The van der Waals surface area contributed by atoms with Crippen LogP contribution in [0, 0.1) is 13.8 Å². The van der Waals surface area contributed by atoms with Crippen LogP contribution >= 0.6 is 0 Å². The minimum atomic E-state index is -1.39.